The molecular weight excluding hydrogens is 182 g/mol. The molecule has 14 heavy (non-hydrogen) atoms. The molecule has 0 heterocycles. The van der Waals surface area contributed by atoms with Crippen molar-refractivity contribution in [2.24, 2.45) is 0 Å². The van der Waals surface area contributed by atoms with Gasteiger partial charge in [0.1, 0.15) is 0 Å². The molecule has 1 rings (SSSR count). The number of carboxylic acid groups (broad SMARTS) is 1. The highest BCUT2D eigenvalue weighted by Crippen LogP contribution is 2.18. The predicted molar refractivity (Wildman–Crippen MR) is 53.4 cm³/mol. The number of rotatable bonds is 3. The number of nitrogens with two attached hydrogens (primary N) is 1. The van der Waals surface area contributed by atoms with Crippen molar-refractivity contribution in [1.82, 2.24) is 0 Å². The molecule has 0 aliphatic rings. The number of carboxylic acids is 1. The van der Waals surface area contributed by atoms with Gasteiger partial charge in [-0.3, -0.25) is 0 Å². The van der Waals surface area contributed by atoms with Crippen molar-refractivity contribution in [2.75, 3.05) is 5.73 Å². The second-order valence-electron chi connectivity index (χ2n) is 2.74. The van der Waals surface area contributed by atoms with Crippen molar-refractivity contribution in [1.29, 1.82) is 0 Å². The summed E-state index contributed by atoms with van der Waals surface area (Å²) < 4.78 is 0. The second kappa shape index (κ2) is 4.43. The minimum atomic E-state index is -1.03. The fourth-order valence-electron chi connectivity index (χ4n) is 1.12. The van der Waals surface area contributed by atoms with E-state index in [4.69, 9.17) is 15.9 Å². The number of aliphatic hydroxyl groups is 1. The number of hydrogen-bond donors (Lipinski definition) is 3. The van der Waals surface area contributed by atoms with Crippen molar-refractivity contribution in [3.8, 4) is 0 Å². The van der Waals surface area contributed by atoms with Crippen LogP contribution in [0.3, 0.4) is 0 Å². The molecule has 0 radical (unpaired) electrons. The summed E-state index contributed by atoms with van der Waals surface area (Å²) in [5.41, 5.74) is 7.22. The lowest BCUT2D eigenvalue weighted by Gasteiger charge is -2.05. The first kappa shape index (κ1) is 10.3. The zero-order valence-corrected chi connectivity index (χ0v) is 7.47. The van der Waals surface area contributed by atoms with Crippen LogP contribution in [0.25, 0.3) is 6.08 Å². The van der Waals surface area contributed by atoms with Gasteiger partial charge in [0, 0.05) is 17.3 Å². The summed E-state index contributed by atoms with van der Waals surface area (Å²) in [6, 6.07) is 5.06. The molecule has 0 bridgehead atoms. The maximum absolute atomic E-state index is 10.3. The van der Waals surface area contributed by atoms with E-state index in [0.29, 0.717) is 16.8 Å². The first-order chi connectivity index (χ1) is 6.65. The van der Waals surface area contributed by atoms with Crippen LogP contribution in [-0.2, 0) is 11.4 Å². The smallest absolute Gasteiger partial charge is 0.328 e. The maximum atomic E-state index is 10.3. The van der Waals surface area contributed by atoms with Crippen molar-refractivity contribution in [3.63, 3.8) is 0 Å². The number of carbonyl (C=O) groups is 1. The van der Waals surface area contributed by atoms with Gasteiger partial charge in [0.2, 0.25) is 0 Å². The van der Waals surface area contributed by atoms with Crippen LogP contribution >= 0.6 is 0 Å². The van der Waals surface area contributed by atoms with E-state index < -0.39 is 5.97 Å². The fourth-order valence-corrected chi connectivity index (χ4v) is 1.12. The number of aliphatic carboxylic acids is 1. The summed E-state index contributed by atoms with van der Waals surface area (Å²) in [4.78, 5) is 10.3. The summed E-state index contributed by atoms with van der Waals surface area (Å²) >= 11 is 0. The summed E-state index contributed by atoms with van der Waals surface area (Å²) in [5.74, 6) is -1.03. The first-order valence-electron chi connectivity index (χ1n) is 4.04. The summed E-state index contributed by atoms with van der Waals surface area (Å²) in [5, 5.41) is 17.4. The van der Waals surface area contributed by atoms with Crippen molar-refractivity contribution >= 4 is 17.7 Å². The molecule has 74 valence electrons. The molecule has 0 saturated heterocycles. The van der Waals surface area contributed by atoms with Crippen LogP contribution < -0.4 is 5.73 Å². The second-order valence-corrected chi connectivity index (χ2v) is 2.74. The normalized spacial score (nSPS) is 10.6. The minimum Gasteiger partial charge on any atom is -0.478 e. The average Bonchev–Trinajstić information content (AvgIpc) is 2.14. The van der Waals surface area contributed by atoms with E-state index in [-0.39, 0.29) is 6.61 Å². The third kappa shape index (κ3) is 2.34. The highest BCUT2D eigenvalue weighted by atomic mass is 16.4. The molecule has 0 amide bonds. The van der Waals surface area contributed by atoms with Crippen LogP contribution in [0.4, 0.5) is 5.69 Å². The molecular formula is C10H11NO3. The van der Waals surface area contributed by atoms with E-state index in [1.165, 1.54) is 6.08 Å². The van der Waals surface area contributed by atoms with Gasteiger partial charge in [0.05, 0.1) is 6.61 Å². The largest absolute Gasteiger partial charge is 0.478 e. The Kier molecular flexibility index (Phi) is 3.25. The topological polar surface area (TPSA) is 83.6 Å². The van der Waals surface area contributed by atoms with Crippen LogP contribution in [0.1, 0.15) is 11.1 Å². The zero-order valence-electron chi connectivity index (χ0n) is 7.47. The van der Waals surface area contributed by atoms with E-state index >= 15 is 0 Å². The van der Waals surface area contributed by atoms with Gasteiger partial charge in [0.25, 0.3) is 0 Å². The van der Waals surface area contributed by atoms with Crippen LogP contribution in [0.15, 0.2) is 24.3 Å². The Morgan fingerprint density at radius 1 is 1.50 bits per heavy atom. The van der Waals surface area contributed by atoms with Gasteiger partial charge in [-0.1, -0.05) is 12.1 Å². The Morgan fingerprint density at radius 3 is 2.79 bits per heavy atom. The Balaban J connectivity index is 3.08. The van der Waals surface area contributed by atoms with E-state index in [0.717, 1.165) is 6.08 Å². The van der Waals surface area contributed by atoms with E-state index in [9.17, 15) is 4.79 Å². The summed E-state index contributed by atoms with van der Waals surface area (Å²) in [6.07, 6.45) is 2.41. The Morgan fingerprint density at radius 2 is 2.21 bits per heavy atom. The Hall–Kier alpha value is -1.81. The lowest BCUT2D eigenvalue weighted by atomic mass is 10.1. The Bertz CT molecular complexity index is 372. The van der Waals surface area contributed by atoms with Crippen LogP contribution in [0.2, 0.25) is 0 Å². The molecule has 0 fully saturated rings. The highest BCUT2D eigenvalue weighted by molar-refractivity contribution is 5.86. The summed E-state index contributed by atoms with van der Waals surface area (Å²) in [6.45, 7) is -0.202. The minimum absolute atomic E-state index is 0.202. The maximum Gasteiger partial charge on any atom is 0.328 e. The number of hydrogen-bond acceptors (Lipinski definition) is 3. The molecule has 4 nitrogen and oxygen atoms in total. The molecule has 0 aliphatic carbocycles. The van der Waals surface area contributed by atoms with Gasteiger partial charge in [-0.25, -0.2) is 4.79 Å². The van der Waals surface area contributed by atoms with E-state index in [1.54, 1.807) is 18.2 Å². The summed E-state index contributed by atoms with van der Waals surface area (Å²) in [7, 11) is 0. The fraction of sp³-hybridized carbons (Fsp3) is 0.100. The number of aliphatic hydroxyl groups excluding tert-OH is 1. The molecule has 1 aromatic carbocycles. The molecule has 0 aromatic heterocycles. The van der Waals surface area contributed by atoms with Crippen molar-refractivity contribution in [2.45, 2.75) is 6.61 Å². The molecule has 0 unspecified atom stereocenters. The van der Waals surface area contributed by atoms with Crippen LogP contribution in [0.5, 0.6) is 0 Å². The van der Waals surface area contributed by atoms with Gasteiger partial charge in [0.15, 0.2) is 0 Å². The zero-order chi connectivity index (χ0) is 10.6. The molecule has 1 aromatic rings. The van der Waals surface area contributed by atoms with E-state index in [1.807, 2.05) is 0 Å². The lowest BCUT2D eigenvalue weighted by Crippen LogP contribution is -1.97. The molecule has 4 heteroatoms. The number of anilines is 1. The molecule has 0 spiro atoms. The van der Waals surface area contributed by atoms with Crippen molar-refractivity contribution in [3.05, 3.63) is 35.4 Å². The van der Waals surface area contributed by atoms with Gasteiger partial charge in [-0.05, 0) is 17.7 Å². The predicted octanol–water partition coefficient (Wildman–Crippen LogP) is 0.859. The van der Waals surface area contributed by atoms with Crippen molar-refractivity contribution < 1.29 is 15.0 Å². The molecule has 0 aliphatic heterocycles. The molecule has 0 atom stereocenters. The third-order valence-corrected chi connectivity index (χ3v) is 1.81. The van der Waals surface area contributed by atoms with E-state index in [2.05, 4.69) is 0 Å². The number of benzene rings is 1. The highest BCUT2D eigenvalue weighted by Gasteiger charge is 2.02. The van der Waals surface area contributed by atoms with Crippen LogP contribution in [0, 0.1) is 0 Å². The SMILES string of the molecule is Nc1cccc(C=CC(=O)O)c1CO. The quantitative estimate of drug-likeness (QED) is 0.491. The molecule has 0 saturated carbocycles. The Labute approximate surface area is 81.3 Å². The van der Waals surface area contributed by atoms with Gasteiger partial charge in [-0.15, -0.1) is 0 Å². The molecule has 4 N–H and O–H groups in total. The van der Waals surface area contributed by atoms with Gasteiger partial charge >= 0.3 is 5.97 Å². The number of nitrogen functional groups attached to an aromatic ring is 1. The van der Waals surface area contributed by atoms with Gasteiger partial charge in [-0.2, -0.15) is 0 Å². The first-order valence-corrected chi connectivity index (χ1v) is 4.04. The average molecular weight is 193 g/mol. The van der Waals surface area contributed by atoms with Crippen LogP contribution in [-0.4, -0.2) is 16.2 Å². The lowest BCUT2D eigenvalue weighted by molar-refractivity contribution is -0.131. The third-order valence-electron chi connectivity index (χ3n) is 1.81. The monoisotopic (exact) mass is 193 g/mol. The van der Waals surface area contributed by atoms with Gasteiger partial charge < -0.3 is 15.9 Å². The standard InChI is InChI=1S/C10H11NO3/c11-9-3-1-2-7(8(9)6-12)4-5-10(13)14/h1-5,12H,6,11H2,(H,13,14).